The van der Waals surface area contributed by atoms with Gasteiger partial charge in [-0.2, -0.15) is 4.99 Å². The average Bonchev–Trinajstić information content (AvgIpc) is 1.87. The van der Waals surface area contributed by atoms with Gasteiger partial charge in [-0.1, -0.05) is 6.92 Å². The third kappa shape index (κ3) is 3.52. The molecule has 0 saturated heterocycles. The highest BCUT2D eigenvalue weighted by Gasteiger charge is 1.94. The summed E-state index contributed by atoms with van der Waals surface area (Å²) in [7, 11) is 1.26. The number of aliphatic imine (C=N–C) groups is 1. The maximum atomic E-state index is 10.3. The van der Waals surface area contributed by atoms with E-state index in [1.54, 1.807) is 0 Å². The molecule has 0 rings (SSSR count). The second-order valence-corrected chi connectivity index (χ2v) is 1.43. The summed E-state index contributed by atoms with van der Waals surface area (Å²) in [6.45, 7) is 1.81. The minimum absolute atomic E-state index is 0.293. The fourth-order valence-corrected chi connectivity index (χ4v) is 0.242. The van der Waals surface area contributed by atoms with Crippen molar-refractivity contribution in [3.8, 4) is 0 Å². The van der Waals surface area contributed by atoms with Gasteiger partial charge in [0.1, 0.15) is 5.84 Å². The van der Waals surface area contributed by atoms with Crippen LogP contribution in [0, 0.1) is 0 Å². The van der Waals surface area contributed by atoms with Gasteiger partial charge in [0.15, 0.2) is 0 Å². The van der Waals surface area contributed by atoms with E-state index in [2.05, 4.69) is 9.73 Å². The lowest BCUT2D eigenvalue weighted by Gasteiger charge is -1.92. The molecule has 1 amide bonds. The van der Waals surface area contributed by atoms with Crippen LogP contribution in [0.5, 0.6) is 0 Å². The number of hydrogen-bond donors (Lipinski definition) is 1. The van der Waals surface area contributed by atoms with Crippen molar-refractivity contribution in [2.45, 2.75) is 13.3 Å². The van der Waals surface area contributed by atoms with E-state index in [1.165, 1.54) is 7.11 Å². The topological polar surface area (TPSA) is 64.7 Å². The molecule has 0 aliphatic carbocycles. The molecule has 0 fully saturated rings. The van der Waals surface area contributed by atoms with Crippen LogP contribution in [0.1, 0.15) is 13.3 Å². The van der Waals surface area contributed by atoms with E-state index < -0.39 is 6.09 Å². The van der Waals surface area contributed by atoms with Crippen molar-refractivity contribution in [3.05, 3.63) is 0 Å². The van der Waals surface area contributed by atoms with Gasteiger partial charge in [-0.3, -0.25) is 0 Å². The van der Waals surface area contributed by atoms with Crippen molar-refractivity contribution >= 4 is 11.9 Å². The number of methoxy groups -OCH3 is 1. The number of carbonyl (C=O) groups is 1. The summed E-state index contributed by atoms with van der Waals surface area (Å²) in [5.74, 6) is 0.293. The first-order chi connectivity index (χ1) is 4.20. The zero-order valence-corrected chi connectivity index (χ0v) is 5.55. The first-order valence-corrected chi connectivity index (χ1v) is 2.61. The maximum absolute atomic E-state index is 10.3. The Morgan fingerprint density at radius 1 is 1.78 bits per heavy atom. The fraction of sp³-hybridized carbons (Fsp3) is 0.600. The highest BCUT2D eigenvalue weighted by atomic mass is 16.5. The Morgan fingerprint density at radius 3 is 2.67 bits per heavy atom. The Labute approximate surface area is 53.7 Å². The zero-order chi connectivity index (χ0) is 7.28. The third-order valence-corrected chi connectivity index (χ3v) is 0.772. The Hall–Kier alpha value is -1.06. The number of amides is 1. The van der Waals surface area contributed by atoms with Crippen LogP contribution in [0.4, 0.5) is 4.79 Å². The van der Waals surface area contributed by atoms with Crippen molar-refractivity contribution in [1.29, 1.82) is 0 Å². The molecule has 0 aromatic rings. The first kappa shape index (κ1) is 7.94. The number of amidine groups is 1. The molecule has 9 heavy (non-hydrogen) atoms. The van der Waals surface area contributed by atoms with E-state index in [4.69, 9.17) is 5.73 Å². The summed E-state index contributed by atoms with van der Waals surface area (Å²) < 4.78 is 4.22. The molecule has 0 aliphatic rings. The van der Waals surface area contributed by atoms with Gasteiger partial charge < -0.3 is 10.5 Å². The molecular weight excluding hydrogens is 120 g/mol. The summed E-state index contributed by atoms with van der Waals surface area (Å²) in [6.07, 6.45) is -0.0795. The van der Waals surface area contributed by atoms with Crippen molar-refractivity contribution in [2.75, 3.05) is 7.11 Å². The van der Waals surface area contributed by atoms with E-state index in [1.807, 2.05) is 6.92 Å². The highest BCUT2D eigenvalue weighted by Crippen LogP contribution is 1.82. The van der Waals surface area contributed by atoms with Gasteiger partial charge >= 0.3 is 6.09 Å². The summed E-state index contributed by atoms with van der Waals surface area (Å²) in [6, 6.07) is 0. The summed E-state index contributed by atoms with van der Waals surface area (Å²) in [5.41, 5.74) is 5.20. The van der Waals surface area contributed by atoms with E-state index in [0.717, 1.165) is 0 Å². The lowest BCUT2D eigenvalue weighted by Crippen LogP contribution is -2.12. The lowest BCUT2D eigenvalue weighted by molar-refractivity contribution is 0.182. The van der Waals surface area contributed by atoms with Crippen LogP contribution in [-0.2, 0) is 4.74 Å². The second-order valence-electron chi connectivity index (χ2n) is 1.43. The summed E-state index contributed by atoms with van der Waals surface area (Å²) in [4.78, 5) is 13.6. The molecule has 0 aromatic carbocycles. The van der Waals surface area contributed by atoms with Crippen LogP contribution in [0.25, 0.3) is 0 Å². The SMILES string of the molecule is CCC(N)=NC(=O)OC. The summed E-state index contributed by atoms with van der Waals surface area (Å²) >= 11 is 0. The largest absolute Gasteiger partial charge is 0.451 e. The maximum Gasteiger partial charge on any atom is 0.434 e. The standard InChI is InChI=1S/C5H10N2O2/c1-3-4(6)7-5(8)9-2/h3H2,1-2H3,(H2,6,7,8). The normalized spacial score (nSPS) is 11.1. The number of rotatable bonds is 1. The molecule has 0 unspecified atom stereocenters. The Kier molecular flexibility index (Phi) is 3.43. The molecule has 2 N–H and O–H groups in total. The van der Waals surface area contributed by atoms with Crippen molar-refractivity contribution < 1.29 is 9.53 Å². The predicted molar refractivity (Wildman–Crippen MR) is 34.3 cm³/mol. The number of nitrogens with two attached hydrogens (primary N) is 1. The van der Waals surface area contributed by atoms with Gasteiger partial charge in [0.05, 0.1) is 7.11 Å². The van der Waals surface area contributed by atoms with Crippen LogP contribution in [-0.4, -0.2) is 19.0 Å². The van der Waals surface area contributed by atoms with E-state index >= 15 is 0 Å². The highest BCUT2D eigenvalue weighted by molar-refractivity contribution is 5.90. The molecule has 0 spiro atoms. The van der Waals surface area contributed by atoms with Gasteiger partial charge in [-0.25, -0.2) is 4.79 Å². The minimum Gasteiger partial charge on any atom is -0.451 e. The van der Waals surface area contributed by atoms with Crippen LogP contribution in [0.2, 0.25) is 0 Å². The van der Waals surface area contributed by atoms with Crippen LogP contribution in [0.15, 0.2) is 4.99 Å². The van der Waals surface area contributed by atoms with E-state index in [9.17, 15) is 4.79 Å². The Balaban J connectivity index is 3.79. The van der Waals surface area contributed by atoms with E-state index in [0.29, 0.717) is 12.3 Å². The molecular formula is C5H10N2O2. The number of nitrogens with zero attached hydrogens (tertiary/aromatic N) is 1. The molecule has 0 heterocycles. The Bertz CT molecular complexity index is 131. The molecule has 0 bridgehead atoms. The van der Waals surface area contributed by atoms with Crippen LogP contribution in [0.3, 0.4) is 0 Å². The minimum atomic E-state index is -0.644. The molecule has 0 aliphatic heterocycles. The van der Waals surface area contributed by atoms with Gasteiger partial charge in [-0.15, -0.1) is 0 Å². The smallest absolute Gasteiger partial charge is 0.434 e. The van der Waals surface area contributed by atoms with Gasteiger partial charge in [-0.05, 0) is 0 Å². The number of hydrogen-bond acceptors (Lipinski definition) is 2. The molecule has 0 saturated carbocycles. The Morgan fingerprint density at radius 2 is 2.33 bits per heavy atom. The molecule has 0 atom stereocenters. The molecule has 52 valence electrons. The van der Waals surface area contributed by atoms with E-state index in [-0.39, 0.29) is 0 Å². The van der Waals surface area contributed by atoms with Gasteiger partial charge in [0.25, 0.3) is 0 Å². The zero-order valence-electron chi connectivity index (χ0n) is 5.55. The van der Waals surface area contributed by atoms with Crippen molar-refractivity contribution in [1.82, 2.24) is 0 Å². The van der Waals surface area contributed by atoms with Crippen LogP contribution < -0.4 is 5.73 Å². The quantitative estimate of drug-likeness (QED) is 0.415. The molecule has 0 radical (unpaired) electrons. The number of carbonyl (C=O) groups excluding carboxylic acids is 1. The monoisotopic (exact) mass is 130 g/mol. The van der Waals surface area contributed by atoms with Crippen molar-refractivity contribution in [3.63, 3.8) is 0 Å². The predicted octanol–water partition coefficient (Wildman–Crippen LogP) is 0.520. The molecule has 0 aromatic heterocycles. The molecule has 4 heteroatoms. The van der Waals surface area contributed by atoms with Crippen LogP contribution >= 0.6 is 0 Å². The fourth-order valence-electron chi connectivity index (χ4n) is 0.242. The molecule has 4 nitrogen and oxygen atoms in total. The first-order valence-electron chi connectivity index (χ1n) is 2.61. The van der Waals surface area contributed by atoms with Gasteiger partial charge in [0, 0.05) is 6.42 Å². The second kappa shape index (κ2) is 3.88. The third-order valence-electron chi connectivity index (χ3n) is 0.772. The van der Waals surface area contributed by atoms with Crippen molar-refractivity contribution in [2.24, 2.45) is 10.7 Å². The summed E-state index contributed by atoms with van der Waals surface area (Å²) in [5, 5.41) is 0. The van der Waals surface area contributed by atoms with Gasteiger partial charge in [0.2, 0.25) is 0 Å². The lowest BCUT2D eigenvalue weighted by atomic mass is 10.5. The average molecular weight is 130 g/mol. The number of ether oxygens (including phenoxy) is 1.